The number of nitrogens with two attached hydrogens (primary N) is 1. The first-order chi connectivity index (χ1) is 13.5. The van der Waals surface area contributed by atoms with Crippen molar-refractivity contribution in [2.45, 2.75) is 18.8 Å². The fourth-order valence-electron chi connectivity index (χ4n) is 3.84. The second kappa shape index (κ2) is 6.49. The van der Waals surface area contributed by atoms with Gasteiger partial charge in [-0.3, -0.25) is 4.68 Å². The number of aryl methyl sites for hydroxylation is 1. The van der Waals surface area contributed by atoms with Gasteiger partial charge in [0, 0.05) is 42.7 Å². The maximum atomic E-state index is 6.30. The summed E-state index contributed by atoms with van der Waals surface area (Å²) in [6, 6.07) is 3.45. The van der Waals surface area contributed by atoms with Crippen LogP contribution in [-0.2, 0) is 7.05 Å². The summed E-state index contributed by atoms with van der Waals surface area (Å²) in [6.45, 7) is 1.82. The quantitative estimate of drug-likeness (QED) is 0.539. The van der Waals surface area contributed by atoms with E-state index in [0.29, 0.717) is 21.2 Å². The Bertz CT molecular complexity index is 1200. The highest BCUT2D eigenvalue weighted by molar-refractivity contribution is 6.38. The van der Waals surface area contributed by atoms with Gasteiger partial charge in [0.1, 0.15) is 0 Å². The molecule has 28 heavy (non-hydrogen) atoms. The minimum absolute atomic E-state index is 0.193. The highest BCUT2D eigenvalue weighted by Gasteiger charge is 2.26. The normalized spacial score (nSPS) is 17.7. The zero-order valence-electron chi connectivity index (χ0n) is 15.2. The Balaban J connectivity index is 1.57. The van der Waals surface area contributed by atoms with Crippen LogP contribution in [0, 0.1) is 0 Å². The molecule has 3 aromatic heterocycles. The van der Waals surface area contributed by atoms with Crippen molar-refractivity contribution < 1.29 is 0 Å². The Morgan fingerprint density at radius 2 is 2.07 bits per heavy atom. The maximum Gasteiger partial charge on any atom is 0.223 e. The molecule has 1 unspecified atom stereocenters. The minimum Gasteiger partial charge on any atom is -0.368 e. The Morgan fingerprint density at radius 1 is 1.21 bits per heavy atom. The van der Waals surface area contributed by atoms with Crippen LogP contribution in [-0.4, -0.2) is 42.5 Å². The van der Waals surface area contributed by atoms with Gasteiger partial charge in [0.05, 0.1) is 22.4 Å². The van der Waals surface area contributed by atoms with E-state index in [2.05, 4.69) is 20.1 Å². The van der Waals surface area contributed by atoms with E-state index < -0.39 is 0 Å². The van der Waals surface area contributed by atoms with Crippen LogP contribution in [0.25, 0.3) is 16.6 Å². The van der Waals surface area contributed by atoms with E-state index in [1.807, 2.05) is 24.1 Å². The summed E-state index contributed by atoms with van der Waals surface area (Å²) in [5, 5.41) is 10.7. The van der Waals surface area contributed by atoms with Gasteiger partial charge in [-0.1, -0.05) is 23.2 Å². The number of hydrogen-bond donors (Lipinski definition) is 1. The first kappa shape index (κ1) is 17.5. The Kier molecular flexibility index (Phi) is 4.06. The van der Waals surface area contributed by atoms with E-state index in [1.54, 1.807) is 16.6 Å². The monoisotopic (exact) mass is 416 g/mol. The number of piperidine rings is 1. The number of fused-ring (bicyclic) bond motifs is 3. The number of benzene rings is 1. The molecule has 1 atom stereocenters. The maximum absolute atomic E-state index is 6.30. The number of halogens is 2. The highest BCUT2D eigenvalue weighted by atomic mass is 35.5. The summed E-state index contributed by atoms with van der Waals surface area (Å²) in [4.78, 5) is 11.5. The lowest BCUT2D eigenvalue weighted by molar-refractivity contribution is 0.491. The number of hydrogen-bond acceptors (Lipinski definition) is 6. The molecule has 8 nitrogen and oxygen atoms in total. The number of rotatable bonds is 2. The molecule has 4 heterocycles. The standard InChI is InChI=1S/C18H18Cl2N8/c1-26-9-12(7-22-26)27-4-2-3-10(8-27)16-24-17-13-5-11(19)6-14(20)15(13)23-18(21)28(17)25-16/h5-7,9-10H,2-4,8H2,1H3,(H2,21,23). The van der Waals surface area contributed by atoms with E-state index in [0.717, 1.165) is 42.8 Å². The van der Waals surface area contributed by atoms with E-state index in [9.17, 15) is 0 Å². The van der Waals surface area contributed by atoms with Gasteiger partial charge in [-0.25, -0.2) is 9.97 Å². The van der Waals surface area contributed by atoms with Gasteiger partial charge in [0.15, 0.2) is 11.5 Å². The first-order valence-electron chi connectivity index (χ1n) is 9.04. The molecular formula is C18H18Cl2N8. The lowest BCUT2D eigenvalue weighted by Gasteiger charge is -2.32. The van der Waals surface area contributed by atoms with Crippen LogP contribution in [0.15, 0.2) is 24.5 Å². The molecule has 0 saturated carbocycles. The molecule has 1 fully saturated rings. The molecule has 1 aliphatic rings. The Morgan fingerprint density at radius 3 is 2.86 bits per heavy atom. The van der Waals surface area contributed by atoms with Gasteiger partial charge in [-0.05, 0) is 25.0 Å². The van der Waals surface area contributed by atoms with Crippen molar-refractivity contribution in [3.05, 3.63) is 40.4 Å². The molecule has 0 spiro atoms. The molecule has 1 saturated heterocycles. The predicted octanol–water partition coefficient (Wildman–Crippen LogP) is 3.28. The van der Waals surface area contributed by atoms with Crippen LogP contribution < -0.4 is 10.6 Å². The summed E-state index contributed by atoms with van der Waals surface area (Å²) in [5.74, 6) is 1.20. The van der Waals surface area contributed by atoms with Gasteiger partial charge in [0.25, 0.3) is 0 Å². The molecular weight excluding hydrogens is 399 g/mol. The summed E-state index contributed by atoms with van der Waals surface area (Å²) in [7, 11) is 1.92. The van der Waals surface area contributed by atoms with Gasteiger partial charge < -0.3 is 10.6 Å². The SMILES string of the molecule is Cn1cc(N2CCCC(c3nc4c5cc(Cl)cc(Cl)c5nc(N)n4n3)C2)cn1. The summed E-state index contributed by atoms with van der Waals surface area (Å²) in [5.41, 5.74) is 8.45. The molecule has 1 aliphatic heterocycles. The zero-order valence-corrected chi connectivity index (χ0v) is 16.7. The number of nitrogen functional groups attached to an aromatic ring is 1. The number of aromatic nitrogens is 6. The van der Waals surface area contributed by atoms with Crippen molar-refractivity contribution in [2.24, 2.45) is 7.05 Å². The third kappa shape index (κ3) is 2.84. The Hall–Kier alpha value is -2.58. The largest absolute Gasteiger partial charge is 0.368 e. The average Bonchev–Trinajstić information content (AvgIpc) is 3.30. The molecule has 0 radical (unpaired) electrons. The molecule has 0 aliphatic carbocycles. The second-order valence-electron chi connectivity index (χ2n) is 7.12. The minimum atomic E-state index is 0.193. The zero-order chi connectivity index (χ0) is 19.4. The molecule has 4 aromatic rings. The van der Waals surface area contributed by atoms with Gasteiger partial charge in [0.2, 0.25) is 5.95 Å². The fourth-order valence-corrected chi connectivity index (χ4v) is 4.38. The van der Waals surface area contributed by atoms with E-state index in [1.165, 1.54) is 0 Å². The van der Waals surface area contributed by atoms with Crippen molar-refractivity contribution in [1.29, 1.82) is 0 Å². The highest BCUT2D eigenvalue weighted by Crippen LogP contribution is 2.32. The van der Waals surface area contributed by atoms with Crippen molar-refractivity contribution in [3.8, 4) is 0 Å². The van der Waals surface area contributed by atoms with E-state index in [4.69, 9.17) is 33.9 Å². The topological polar surface area (TPSA) is 90.2 Å². The average molecular weight is 417 g/mol. The van der Waals surface area contributed by atoms with E-state index >= 15 is 0 Å². The van der Waals surface area contributed by atoms with Gasteiger partial charge >= 0.3 is 0 Å². The summed E-state index contributed by atoms with van der Waals surface area (Å²) < 4.78 is 3.39. The van der Waals surface area contributed by atoms with Crippen LogP contribution >= 0.6 is 23.2 Å². The van der Waals surface area contributed by atoms with Crippen molar-refractivity contribution in [3.63, 3.8) is 0 Å². The third-order valence-electron chi connectivity index (χ3n) is 5.18. The third-order valence-corrected chi connectivity index (χ3v) is 5.69. The fraction of sp³-hybridized carbons (Fsp3) is 0.333. The van der Waals surface area contributed by atoms with E-state index in [-0.39, 0.29) is 11.9 Å². The number of anilines is 2. The lowest BCUT2D eigenvalue weighted by Crippen LogP contribution is -2.34. The molecule has 1 aromatic carbocycles. The van der Waals surface area contributed by atoms with Crippen molar-refractivity contribution in [2.75, 3.05) is 23.7 Å². The van der Waals surface area contributed by atoms with Gasteiger partial charge in [-0.15, -0.1) is 5.10 Å². The van der Waals surface area contributed by atoms with Crippen LogP contribution in [0.2, 0.25) is 10.0 Å². The molecule has 10 heteroatoms. The van der Waals surface area contributed by atoms with Crippen molar-refractivity contribution >= 4 is 51.4 Å². The van der Waals surface area contributed by atoms with Crippen LogP contribution in [0.5, 0.6) is 0 Å². The molecule has 5 rings (SSSR count). The number of nitrogens with zero attached hydrogens (tertiary/aromatic N) is 7. The summed E-state index contributed by atoms with van der Waals surface area (Å²) >= 11 is 12.5. The Labute approximate surface area is 170 Å². The smallest absolute Gasteiger partial charge is 0.223 e. The summed E-state index contributed by atoms with van der Waals surface area (Å²) in [6.07, 6.45) is 5.99. The molecule has 2 N–H and O–H groups in total. The molecule has 144 valence electrons. The first-order valence-corrected chi connectivity index (χ1v) is 9.79. The lowest BCUT2D eigenvalue weighted by atomic mass is 9.97. The molecule has 0 amide bonds. The van der Waals surface area contributed by atoms with Crippen LogP contribution in [0.3, 0.4) is 0 Å². The van der Waals surface area contributed by atoms with Crippen LogP contribution in [0.4, 0.5) is 11.6 Å². The predicted molar refractivity (Wildman–Crippen MR) is 110 cm³/mol. The van der Waals surface area contributed by atoms with Gasteiger partial charge in [-0.2, -0.15) is 9.61 Å². The second-order valence-corrected chi connectivity index (χ2v) is 7.96. The molecule has 0 bridgehead atoms. The van der Waals surface area contributed by atoms with Crippen molar-refractivity contribution in [1.82, 2.24) is 29.4 Å². The van der Waals surface area contributed by atoms with Crippen LogP contribution in [0.1, 0.15) is 24.6 Å².